The van der Waals surface area contributed by atoms with Gasteiger partial charge in [-0.05, 0) is 23.8 Å². The second-order valence-corrected chi connectivity index (χ2v) is 3.62. The minimum Gasteiger partial charge on any atom is -0.466 e. The number of hydrogen-bond donors (Lipinski definition) is 0. The van der Waals surface area contributed by atoms with Gasteiger partial charge in [0.2, 0.25) is 0 Å². The molecule has 0 aliphatic rings. The van der Waals surface area contributed by atoms with E-state index in [2.05, 4.69) is 4.74 Å². The zero-order valence-electron chi connectivity index (χ0n) is 9.99. The number of benzene rings is 1. The summed E-state index contributed by atoms with van der Waals surface area (Å²) in [5.74, 6) is -0.679. The van der Waals surface area contributed by atoms with Gasteiger partial charge in [0.25, 0.3) is 0 Å². The van der Waals surface area contributed by atoms with Crippen molar-refractivity contribution in [1.82, 2.24) is 0 Å². The topological polar surface area (TPSA) is 50.1 Å². The Hall–Kier alpha value is -2.29. The number of esters is 1. The summed E-state index contributed by atoms with van der Waals surface area (Å²) in [7, 11) is 1.17. The van der Waals surface area contributed by atoms with Crippen molar-refractivity contribution in [3.63, 3.8) is 0 Å². The first-order valence-electron chi connectivity index (χ1n) is 5.21. The average molecular weight is 269 g/mol. The van der Waals surface area contributed by atoms with Gasteiger partial charge in [0.05, 0.1) is 30.7 Å². The Labute approximate surface area is 107 Å². The van der Waals surface area contributed by atoms with Gasteiger partial charge >= 0.3 is 12.1 Å². The van der Waals surface area contributed by atoms with E-state index in [1.54, 1.807) is 6.07 Å². The summed E-state index contributed by atoms with van der Waals surface area (Å²) in [6.07, 6.45) is -3.25. The summed E-state index contributed by atoms with van der Waals surface area (Å²) in [5, 5.41) is 8.56. The number of carbonyl (C=O) groups excluding carboxylic acids is 1. The summed E-state index contributed by atoms with van der Waals surface area (Å²) in [6, 6.07) is 6.06. The van der Waals surface area contributed by atoms with E-state index < -0.39 is 17.7 Å². The highest BCUT2D eigenvalue weighted by Gasteiger charge is 2.29. The first kappa shape index (κ1) is 14.8. The van der Waals surface area contributed by atoms with E-state index in [0.717, 1.165) is 12.1 Å². The number of halogens is 3. The SMILES string of the molecule is COC(=O)/C(=C\c1ccc(C(F)(F)F)cc1)CC#N. The van der Waals surface area contributed by atoms with Crippen LogP contribution < -0.4 is 0 Å². The molecule has 3 nitrogen and oxygen atoms in total. The molecule has 1 rings (SSSR count). The van der Waals surface area contributed by atoms with Crippen LogP contribution in [0.25, 0.3) is 6.08 Å². The number of hydrogen-bond acceptors (Lipinski definition) is 3. The molecule has 0 heterocycles. The van der Waals surface area contributed by atoms with Crippen molar-refractivity contribution in [3.8, 4) is 6.07 Å². The molecular weight excluding hydrogens is 259 g/mol. The van der Waals surface area contributed by atoms with Gasteiger partial charge in [-0.2, -0.15) is 18.4 Å². The van der Waals surface area contributed by atoms with E-state index in [0.29, 0.717) is 5.56 Å². The molecule has 0 atom stereocenters. The Balaban J connectivity index is 3.03. The lowest BCUT2D eigenvalue weighted by Gasteiger charge is -2.06. The molecule has 1 aromatic rings. The second-order valence-electron chi connectivity index (χ2n) is 3.62. The van der Waals surface area contributed by atoms with Crippen molar-refractivity contribution in [1.29, 1.82) is 5.26 Å². The monoisotopic (exact) mass is 269 g/mol. The summed E-state index contributed by atoms with van der Waals surface area (Å²) in [6.45, 7) is 0. The van der Waals surface area contributed by atoms with Crippen molar-refractivity contribution < 1.29 is 22.7 Å². The van der Waals surface area contributed by atoms with Crippen LogP contribution in [0.3, 0.4) is 0 Å². The minimum atomic E-state index is -4.40. The van der Waals surface area contributed by atoms with Crippen LogP contribution >= 0.6 is 0 Å². The van der Waals surface area contributed by atoms with E-state index in [-0.39, 0.29) is 12.0 Å². The van der Waals surface area contributed by atoms with Gasteiger partial charge in [-0.25, -0.2) is 4.79 Å². The lowest BCUT2D eigenvalue weighted by Crippen LogP contribution is -2.05. The number of alkyl halides is 3. The molecule has 0 amide bonds. The summed E-state index contributed by atoms with van der Waals surface area (Å²) >= 11 is 0. The van der Waals surface area contributed by atoms with Crippen LogP contribution in [0.4, 0.5) is 13.2 Å². The van der Waals surface area contributed by atoms with Crippen molar-refractivity contribution in [2.75, 3.05) is 7.11 Å². The maximum absolute atomic E-state index is 12.4. The highest BCUT2D eigenvalue weighted by Crippen LogP contribution is 2.29. The van der Waals surface area contributed by atoms with Gasteiger partial charge in [0.15, 0.2) is 0 Å². The standard InChI is InChI=1S/C13H10F3NO2/c1-19-12(18)10(6-7-17)8-9-2-4-11(5-3-9)13(14,15)16/h2-5,8H,6H2,1H3/b10-8-. The molecule has 0 unspecified atom stereocenters. The molecule has 0 N–H and O–H groups in total. The number of rotatable bonds is 3. The van der Waals surface area contributed by atoms with Gasteiger partial charge < -0.3 is 4.74 Å². The van der Waals surface area contributed by atoms with Gasteiger partial charge in [0.1, 0.15) is 0 Å². The number of ether oxygens (including phenoxy) is 1. The van der Waals surface area contributed by atoms with E-state index >= 15 is 0 Å². The van der Waals surface area contributed by atoms with Crippen molar-refractivity contribution in [2.24, 2.45) is 0 Å². The number of methoxy groups -OCH3 is 1. The minimum absolute atomic E-state index is 0.0877. The van der Waals surface area contributed by atoms with E-state index in [1.807, 2.05) is 0 Å². The normalized spacial score (nSPS) is 11.8. The van der Waals surface area contributed by atoms with Gasteiger partial charge in [-0.1, -0.05) is 12.1 Å². The maximum Gasteiger partial charge on any atom is 0.416 e. The smallest absolute Gasteiger partial charge is 0.416 e. The fourth-order valence-electron chi connectivity index (χ4n) is 1.37. The molecular formula is C13H10F3NO2. The van der Waals surface area contributed by atoms with Crippen molar-refractivity contribution >= 4 is 12.0 Å². The maximum atomic E-state index is 12.4. The van der Waals surface area contributed by atoms with E-state index in [4.69, 9.17) is 5.26 Å². The number of nitrogens with zero attached hydrogens (tertiary/aromatic N) is 1. The molecule has 0 saturated carbocycles. The number of carbonyl (C=O) groups is 1. The molecule has 0 aliphatic carbocycles. The molecule has 0 aromatic heterocycles. The molecule has 19 heavy (non-hydrogen) atoms. The van der Waals surface area contributed by atoms with Crippen molar-refractivity contribution in [3.05, 3.63) is 41.0 Å². The quantitative estimate of drug-likeness (QED) is 0.625. The third kappa shape index (κ3) is 4.14. The predicted octanol–water partition coefficient (Wildman–Crippen LogP) is 3.18. The van der Waals surface area contributed by atoms with E-state index in [1.165, 1.54) is 25.3 Å². The highest BCUT2D eigenvalue weighted by molar-refractivity contribution is 5.94. The van der Waals surface area contributed by atoms with Gasteiger partial charge in [-0.3, -0.25) is 0 Å². The third-order valence-corrected chi connectivity index (χ3v) is 2.30. The Bertz CT molecular complexity index is 524. The third-order valence-electron chi connectivity index (χ3n) is 2.30. The molecule has 0 bridgehead atoms. The van der Waals surface area contributed by atoms with Crippen LogP contribution in [0.2, 0.25) is 0 Å². The molecule has 1 aromatic carbocycles. The molecule has 0 saturated heterocycles. The Morgan fingerprint density at radius 1 is 1.37 bits per heavy atom. The predicted molar refractivity (Wildman–Crippen MR) is 61.7 cm³/mol. The fourth-order valence-corrected chi connectivity index (χ4v) is 1.37. The molecule has 0 fully saturated rings. The Kier molecular flexibility index (Phi) is 4.70. The van der Waals surface area contributed by atoms with Crippen LogP contribution in [0, 0.1) is 11.3 Å². The molecule has 0 radical (unpaired) electrons. The summed E-state index contributed by atoms with van der Waals surface area (Å²) in [4.78, 5) is 11.3. The Morgan fingerprint density at radius 2 is 1.95 bits per heavy atom. The largest absolute Gasteiger partial charge is 0.466 e. The zero-order chi connectivity index (χ0) is 14.5. The molecule has 0 aliphatic heterocycles. The first-order valence-corrected chi connectivity index (χ1v) is 5.21. The fraction of sp³-hybridized carbons (Fsp3) is 0.231. The van der Waals surface area contributed by atoms with Crippen LogP contribution in [-0.4, -0.2) is 13.1 Å². The lowest BCUT2D eigenvalue weighted by molar-refractivity contribution is -0.138. The van der Waals surface area contributed by atoms with Gasteiger partial charge in [0, 0.05) is 0 Å². The Morgan fingerprint density at radius 3 is 2.37 bits per heavy atom. The summed E-state index contributed by atoms with van der Waals surface area (Å²) < 4.78 is 41.5. The molecule has 100 valence electrons. The van der Waals surface area contributed by atoms with Crippen molar-refractivity contribution in [2.45, 2.75) is 12.6 Å². The van der Waals surface area contributed by atoms with Crippen LogP contribution in [-0.2, 0) is 15.7 Å². The number of nitriles is 1. The zero-order valence-corrected chi connectivity index (χ0v) is 9.99. The van der Waals surface area contributed by atoms with Gasteiger partial charge in [-0.15, -0.1) is 0 Å². The average Bonchev–Trinajstić information content (AvgIpc) is 2.37. The van der Waals surface area contributed by atoms with Crippen LogP contribution in [0.5, 0.6) is 0 Å². The first-order chi connectivity index (χ1) is 8.88. The molecule has 6 heteroatoms. The van der Waals surface area contributed by atoms with Crippen LogP contribution in [0.15, 0.2) is 29.8 Å². The highest BCUT2D eigenvalue weighted by atomic mass is 19.4. The second kappa shape index (κ2) is 6.05. The lowest BCUT2D eigenvalue weighted by atomic mass is 10.1. The summed E-state index contributed by atoms with van der Waals surface area (Å²) in [5.41, 5.74) is -0.294. The van der Waals surface area contributed by atoms with E-state index in [9.17, 15) is 18.0 Å². The molecule has 0 spiro atoms. The van der Waals surface area contributed by atoms with Crippen LogP contribution in [0.1, 0.15) is 17.5 Å².